The third kappa shape index (κ3) is 3.13. The second-order valence-electron chi connectivity index (χ2n) is 4.92. The van der Waals surface area contributed by atoms with Crippen LogP contribution in [0.4, 0.5) is 11.4 Å². The van der Waals surface area contributed by atoms with Crippen molar-refractivity contribution in [2.45, 2.75) is 25.7 Å². The fraction of sp³-hybridized carbons (Fsp3) is 0.538. The van der Waals surface area contributed by atoms with Gasteiger partial charge in [-0.25, -0.2) is 0 Å². The number of nitro groups is 1. The summed E-state index contributed by atoms with van der Waals surface area (Å²) in [6.07, 6.45) is 5.31. The van der Waals surface area contributed by atoms with Crippen LogP contribution in [0.25, 0.3) is 0 Å². The number of anilines is 1. The Morgan fingerprint density at radius 3 is 2.67 bits per heavy atom. The zero-order chi connectivity index (χ0) is 13.1. The van der Waals surface area contributed by atoms with E-state index in [4.69, 9.17) is 0 Å². The molecular weight excluding hydrogens is 343 g/mol. The number of halogens is 1. The zero-order valence-electron chi connectivity index (χ0n) is 10.4. The Morgan fingerprint density at radius 2 is 2.11 bits per heavy atom. The summed E-state index contributed by atoms with van der Waals surface area (Å²) < 4.78 is 0.702. The van der Waals surface area contributed by atoms with Crippen molar-refractivity contribution in [1.29, 1.82) is 0 Å². The fourth-order valence-corrected chi connectivity index (χ4v) is 3.26. The van der Waals surface area contributed by atoms with Crippen molar-refractivity contribution >= 4 is 34.0 Å². The standard InChI is InChI=1S/C13H17IN2O2/c1-15(9-10-4-2-3-5-10)11-6-7-13(16(17)18)12(14)8-11/h6-8,10H,2-5,9H2,1H3. The van der Waals surface area contributed by atoms with E-state index in [0.29, 0.717) is 3.57 Å². The van der Waals surface area contributed by atoms with Gasteiger partial charge in [0.2, 0.25) is 0 Å². The van der Waals surface area contributed by atoms with Gasteiger partial charge in [-0.2, -0.15) is 0 Å². The molecule has 0 amide bonds. The Hall–Kier alpha value is -0.850. The summed E-state index contributed by atoms with van der Waals surface area (Å²) in [6.45, 7) is 1.05. The molecule has 0 saturated heterocycles. The average molecular weight is 360 g/mol. The second-order valence-corrected chi connectivity index (χ2v) is 6.09. The van der Waals surface area contributed by atoms with E-state index in [1.165, 1.54) is 25.7 Å². The van der Waals surface area contributed by atoms with Gasteiger partial charge >= 0.3 is 0 Å². The van der Waals surface area contributed by atoms with E-state index in [9.17, 15) is 10.1 Å². The van der Waals surface area contributed by atoms with Crippen LogP contribution < -0.4 is 4.90 Å². The van der Waals surface area contributed by atoms with Crippen molar-refractivity contribution in [2.75, 3.05) is 18.5 Å². The van der Waals surface area contributed by atoms with Gasteiger partial charge in [-0.05, 0) is 53.5 Å². The Labute approximate surface area is 121 Å². The minimum Gasteiger partial charge on any atom is -0.374 e. The maximum atomic E-state index is 10.8. The first-order valence-corrected chi connectivity index (χ1v) is 7.31. The van der Waals surface area contributed by atoms with E-state index in [1.807, 2.05) is 34.7 Å². The lowest BCUT2D eigenvalue weighted by atomic mass is 10.1. The SMILES string of the molecule is CN(CC1CCCC1)c1ccc([N+](=O)[O-])c(I)c1. The van der Waals surface area contributed by atoms with Crippen molar-refractivity contribution in [3.8, 4) is 0 Å². The smallest absolute Gasteiger partial charge is 0.282 e. The molecule has 1 aliphatic rings. The van der Waals surface area contributed by atoms with Crippen LogP contribution in [0.1, 0.15) is 25.7 Å². The molecule has 18 heavy (non-hydrogen) atoms. The molecule has 0 aromatic heterocycles. The molecule has 0 unspecified atom stereocenters. The lowest BCUT2D eigenvalue weighted by Gasteiger charge is -2.23. The largest absolute Gasteiger partial charge is 0.374 e. The van der Waals surface area contributed by atoms with E-state index in [-0.39, 0.29) is 10.6 Å². The number of hydrogen-bond donors (Lipinski definition) is 0. The molecule has 5 heteroatoms. The minimum absolute atomic E-state index is 0.189. The molecule has 1 aliphatic carbocycles. The average Bonchev–Trinajstić information content (AvgIpc) is 2.81. The van der Waals surface area contributed by atoms with Crippen LogP contribution in [0.2, 0.25) is 0 Å². The molecule has 0 heterocycles. The summed E-state index contributed by atoms with van der Waals surface area (Å²) in [5.74, 6) is 0.780. The Bertz CT molecular complexity index is 445. The van der Waals surface area contributed by atoms with Crippen LogP contribution in [0.3, 0.4) is 0 Å². The quantitative estimate of drug-likeness (QED) is 0.466. The summed E-state index contributed by atoms with van der Waals surface area (Å²) in [4.78, 5) is 12.6. The van der Waals surface area contributed by atoms with Gasteiger partial charge in [0.1, 0.15) is 0 Å². The third-order valence-electron chi connectivity index (χ3n) is 3.58. The molecule has 2 rings (SSSR count). The van der Waals surface area contributed by atoms with Crippen molar-refractivity contribution < 1.29 is 4.92 Å². The van der Waals surface area contributed by atoms with Crippen molar-refractivity contribution in [2.24, 2.45) is 5.92 Å². The molecule has 1 saturated carbocycles. The molecule has 1 aromatic rings. The molecule has 0 aliphatic heterocycles. The molecule has 0 radical (unpaired) electrons. The summed E-state index contributed by atoms with van der Waals surface area (Å²) in [7, 11) is 2.07. The van der Waals surface area contributed by atoms with Gasteiger partial charge in [0, 0.05) is 25.3 Å². The normalized spacial score (nSPS) is 15.9. The lowest BCUT2D eigenvalue weighted by molar-refractivity contribution is -0.385. The van der Waals surface area contributed by atoms with Gasteiger partial charge in [-0.15, -0.1) is 0 Å². The van der Waals surface area contributed by atoms with Crippen LogP contribution in [-0.2, 0) is 0 Å². The van der Waals surface area contributed by atoms with E-state index >= 15 is 0 Å². The Morgan fingerprint density at radius 1 is 1.44 bits per heavy atom. The monoisotopic (exact) mass is 360 g/mol. The van der Waals surface area contributed by atoms with Crippen LogP contribution >= 0.6 is 22.6 Å². The Kier molecular flexibility index (Phi) is 4.42. The van der Waals surface area contributed by atoms with Crippen LogP contribution in [0.5, 0.6) is 0 Å². The van der Waals surface area contributed by atoms with Gasteiger partial charge in [0.25, 0.3) is 5.69 Å². The summed E-state index contributed by atoms with van der Waals surface area (Å²) in [6, 6.07) is 5.34. The first kappa shape index (κ1) is 13.6. The maximum absolute atomic E-state index is 10.8. The number of benzene rings is 1. The molecule has 1 aromatic carbocycles. The minimum atomic E-state index is -0.331. The topological polar surface area (TPSA) is 46.4 Å². The number of nitro benzene ring substituents is 1. The fourth-order valence-electron chi connectivity index (χ4n) is 2.57. The molecule has 1 fully saturated rings. The van der Waals surface area contributed by atoms with Crippen LogP contribution in [-0.4, -0.2) is 18.5 Å². The van der Waals surface area contributed by atoms with Gasteiger partial charge in [-0.1, -0.05) is 12.8 Å². The lowest BCUT2D eigenvalue weighted by Crippen LogP contribution is -2.24. The van der Waals surface area contributed by atoms with Gasteiger partial charge in [0.15, 0.2) is 0 Å². The highest BCUT2D eigenvalue weighted by molar-refractivity contribution is 14.1. The van der Waals surface area contributed by atoms with E-state index in [1.54, 1.807) is 6.07 Å². The van der Waals surface area contributed by atoms with E-state index in [0.717, 1.165) is 18.2 Å². The van der Waals surface area contributed by atoms with E-state index < -0.39 is 0 Å². The summed E-state index contributed by atoms with van der Waals surface area (Å²) in [5, 5.41) is 10.8. The van der Waals surface area contributed by atoms with Crippen molar-refractivity contribution in [1.82, 2.24) is 0 Å². The maximum Gasteiger partial charge on any atom is 0.282 e. The van der Waals surface area contributed by atoms with Crippen LogP contribution in [0, 0.1) is 19.6 Å². The molecule has 98 valence electrons. The number of nitrogens with zero attached hydrogens (tertiary/aromatic N) is 2. The molecule has 0 atom stereocenters. The highest BCUT2D eigenvalue weighted by Crippen LogP contribution is 2.29. The predicted octanol–water partition coefficient (Wildman–Crippen LogP) is 3.83. The molecule has 4 nitrogen and oxygen atoms in total. The van der Waals surface area contributed by atoms with Gasteiger partial charge in [0.05, 0.1) is 8.49 Å². The number of hydrogen-bond acceptors (Lipinski definition) is 3. The van der Waals surface area contributed by atoms with Crippen LogP contribution in [0.15, 0.2) is 18.2 Å². The van der Waals surface area contributed by atoms with Gasteiger partial charge in [-0.3, -0.25) is 10.1 Å². The third-order valence-corrected chi connectivity index (χ3v) is 4.44. The predicted molar refractivity (Wildman–Crippen MR) is 81.0 cm³/mol. The van der Waals surface area contributed by atoms with Gasteiger partial charge < -0.3 is 4.90 Å². The summed E-state index contributed by atoms with van der Waals surface area (Å²) >= 11 is 2.03. The molecule has 0 N–H and O–H groups in total. The zero-order valence-corrected chi connectivity index (χ0v) is 12.6. The molecule has 0 spiro atoms. The first-order chi connectivity index (χ1) is 8.58. The highest BCUT2D eigenvalue weighted by Gasteiger charge is 2.18. The second kappa shape index (κ2) is 5.86. The Balaban J connectivity index is 2.08. The van der Waals surface area contributed by atoms with E-state index in [2.05, 4.69) is 11.9 Å². The highest BCUT2D eigenvalue weighted by atomic mass is 127. The van der Waals surface area contributed by atoms with Crippen molar-refractivity contribution in [3.63, 3.8) is 0 Å². The summed E-state index contributed by atoms with van der Waals surface area (Å²) in [5.41, 5.74) is 1.26. The molecular formula is C13H17IN2O2. The molecule has 0 bridgehead atoms. The van der Waals surface area contributed by atoms with Crippen molar-refractivity contribution in [3.05, 3.63) is 31.9 Å². The first-order valence-electron chi connectivity index (χ1n) is 6.23. The number of rotatable bonds is 4.